The molecular weight excluding hydrogens is 366 g/mol. The van der Waals surface area contributed by atoms with Crippen LogP contribution in [0.5, 0.6) is 0 Å². The Hall–Kier alpha value is -2.89. The fourth-order valence-corrected chi connectivity index (χ4v) is 3.62. The highest BCUT2D eigenvalue weighted by Crippen LogP contribution is 2.30. The van der Waals surface area contributed by atoms with Gasteiger partial charge >= 0.3 is 6.03 Å². The summed E-state index contributed by atoms with van der Waals surface area (Å²) in [5.74, 6) is 0. The van der Waals surface area contributed by atoms with Crippen molar-refractivity contribution >= 4 is 50.6 Å². The van der Waals surface area contributed by atoms with Gasteiger partial charge in [-0.1, -0.05) is 23.7 Å². The number of aromatic nitrogens is 1. The van der Waals surface area contributed by atoms with Gasteiger partial charge in [-0.05, 0) is 60.7 Å². The zero-order valence-corrected chi connectivity index (χ0v) is 15.1. The molecule has 0 saturated heterocycles. The van der Waals surface area contributed by atoms with E-state index >= 15 is 0 Å². The summed E-state index contributed by atoms with van der Waals surface area (Å²) in [6.45, 7) is 0. The largest absolute Gasteiger partial charge is 0.323 e. The average molecular weight is 380 g/mol. The van der Waals surface area contributed by atoms with Crippen molar-refractivity contribution in [2.24, 2.45) is 0 Å². The molecule has 0 radical (unpaired) electrons. The molecule has 0 unspecified atom stereocenters. The maximum Gasteiger partial charge on any atom is 0.323 e. The van der Waals surface area contributed by atoms with E-state index in [1.54, 1.807) is 35.6 Å². The number of urea groups is 1. The van der Waals surface area contributed by atoms with Gasteiger partial charge in [-0.15, -0.1) is 11.3 Å². The van der Waals surface area contributed by atoms with Crippen molar-refractivity contribution in [3.63, 3.8) is 0 Å². The van der Waals surface area contributed by atoms with E-state index in [-0.39, 0.29) is 6.03 Å². The topological polar surface area (TPSA) is 54.0 Å². The van der Waals surface area contributed by atoms with Crippen molar-refractivity contribution in [2.45, 2.75) is 0 Å². The number of nitrogens with zero attached hydrogens (tertiary/aromatic N) is 1. The maximum absolute atomic E-state index is 12.1. The van der Waals surface area contributed by atoms with Crippen LogP contribution < -0.4 is 10.6 Å². The van der Waals surface area contributed by atoms with Gasteiger partial charge in [-0.25, -0.2) is 9.78 Å². The molecule has 4 rings (SSSR count). The molecule has 0 aliphatic heterocycles. The van der Waals surface area contributed by atoms with Crippen molar-refractivity contribution in [3.05, 3.63) is 77.8 Å². The standard InChI is InChI=1S/C20H14ClN3OS/c21-14-7-11-16(12-8-14)23-20(25)22-15-9-5-13(6-10-15)19-24-17-3-1-2-4-18(17)26-19/h1-12H,(H2,22,23,25). The zero-order valence-electron chi connectivity index (χ0n) is 13.6. The summed E-state index contributed by atoms with van der Waals surface area (Å²) in [5.41, 5.74) is 3.41. The molecule has 0 atom stereocenters. The molecule has 2 N–H and O–H groups in total. The lowest BCUT2D eigenvalue weighted by molar-refractivity contribution is 0.262. The normalized spacial score (nSPS) is 10.7. The number of amides is 2. The molecule has 2 amide bonds. The Kier molecular flexibility index (Phi) is 4.56. The van der Waals surface area contributed by atoms with Gasteiger partial charge in [0, 0.05) is 22.0 Å². The van der Waals surface area contributed by atoms with Gasteiger partial charge in [0.2, 0.25) is 0 Å². The quantitative estimate of drug-likeness (QED) is 0.441. The maximum atomic E-state index is 12.1. The van der Waals surface area contributed by atoms with Gasteiger partial charge in [-0.2, -0.15) is 0 Å². The molecule has 0 bridgehead atoms. The number of fused-ring (bicyclic) bond motifs is 1. The Morgan fingerprint density at radius 3 is 2.12 bits per heavy atom. The van der Waals surface area contributed by atoms with Crippen LogP contribution in [0.2, 0.25) is 5.02 Å². The summed E-state index contributed by atoms with van der Waals surface area (Å²) >= 11 is 7.49. The number of anilines is 2. The highest BCUT2D eigenvalue weighted by atomic mass is 35.5. The molecule has 0 saturated carbocycles. The number of benzene rings is 3. The van der Waals surface area contributed by atoms with Crippen molar-refractivity contribution in [1.29, 1.82) is 0 Å². The molecule has 0 fully saturated rings. The first kappa shape index (κ1) is 16.6. The second-order valence-electron chi connectivity index (χ2n) is 5.65. The van der Waals surface area contributed by atoms with Crippen LogP contribution in [0.3, 0.4) is 0 Å². The van der Waals surface area contributed by atoms with Crippen LogP contribution >= 0.6 is 22.9 Å². The van der Waals surface area contributed by atoms with Crippen LogP contribution in [0.4, 0.5) is 16.2 Å². The van der Waals surface area contributed by atoms with E-state index in [0.29, 0.717) is 16.4 Å². The molecule has 4 aromatic rings. The van der Waals surface area contributed by atoms with E-state index in [1.807, 2.05) is 42.5 Å². The Labute approximate surface area is 159 Å². The highest BCUT2D eigenvalue weighted by molar-refractivity contribution is 7.21. The third-order valence-corrected chi connectivity index (χ3v) is 5.12. The zero-order chi connectivity index (χ0) is 17.9. The molecular formula is C20H14ClN3OS. The first-order chi connectivity index (χ1) is 12.7. The number of halogens is 1. The number of thiazole rings is 1. The molecule has 1 heterocycles. The Morgan fingerprint density at radius 2 is 1.46 bits per heavy atom. The summed E-state index contributed by atoms with van der Waals surface area (Å²) in [7, 11) is 0. The average Bonchev–Trinajstić information content (AvgIpc) is 3.08. The summed E-state index contributed by atoms with van der Waals surface area (Å²) in [5, 5.41) is 7.16. The van der Waals surface area contributed by atoms with Crippen LogP contribution in [0, 0.1) is 0 Å². The van der Waals surface area contributed by atoms with Gasteiger partial charge in [-0.3, -0.25) is 0 Å². The number of rotatable bonds is 3. The van der Waals surface area contributed by atoms with E-state index in [9.17, 15) is 4.79 Å². The smallest absolute Gasteiger partial charge is 0.308 e. The van der Waals surface area contributed by atoms with E-state index in [2.05, 4.69) is 21.7 Å². The number of hydrogen-bond acceptors (Lipinski definition) is 3. The lowest BCUT2D eigenvalue weighted by Gasteiger charge is -2.08. The number of hydrogen-bond donors (Lipinski definition) is 2. The SMILES string of the molecule is O=C(Nc1ccc(Cl)cc1)Nc1ccc(-c2nc3ccccc3s2)cc1. The molecule has 26 heavy (non-hydrogen) atoms. The summed E-state index contributed by atoms with van der Waals surface area (Å²) in [6, 6.07) is 22.3. The van der Waals surface area contributed by atoms with Gasteiger partial charge in [0.15, 0.2) is 0 Å². The van der Waals surface area contributed by atoms with Crippen molar-refractivity contribution in [3.8, 4) is 10.6 Å². The molecule has 3 aromatic carbocycles. The van der Waals surface area contributed by atoms with Gasteiger partial charge < -0.3 is 10.6 Å². The van der Waals surface area contributed by atoms with Crippen LogP contribution in [-0.2, 0) is 0 Å². The predicted molar refractivity (Wildman–Crippen MR) is 109 cm³/mol. The Morgan fingerprint density at radius 1 is 0.846 bits per heavy atom. The molecule has 0 aliphatic carbocycles. The van der Waals surface area contributed by atoms with E-state index in [0.717, 1.165) is 20.8 Å². The van der Waals surface area contributed by atoms with Crippen molar-refractivity contribution in [2.75, 3.05) is 10.6 Å². The molecule has 128 valence electrons. The number of carbonyl (C=O) groups is 1. The Balaban J connectivity index is 1.45. The van der Waals surface area contributed by atoms with Gasteiger partial charge in [0.1, 0.15) is 5.01 Å². The van der Waals surface area contributed by atoms with E-state index in [1.165, 1.54) is 0 Å². The second-order valence-corrected chi connectivity index (χ2v) is 7.12. The first-order valence-corrected chi connectivity index (χ1v) is 9.16. The molecule has 0 spiro atoms. The number of nitrogens with one attached hydrogen (secondary N) is 2. The molecule has 1 aromatic heterocycles. The lowest BCUT2D eigenvalue weighted by atomic mass is 10.2. The van der Waals surface area contributed by atoms with E-state index in [4.69, 9.17) is 11.6 Å². The Bertz CT molecular complexity index is 1030. The minimum atomic E-state index is -0.306. The van der Waals surface area contributed by atoms with E-state index < -0.39 is 0 Å². The fraction of sp³-hybridized carbons (Fsp3) is 0. The fourth-order valence-electron chi connectivity index (χ4n) is 2.52. The van der Waals surface area contributed by atoms with Gasteiger partial charge in [0.05, 0.1) is 10.2 Å². The summed E-state index contributed by atoms with van der Waals surface area (Å²) in [6.07, 6.45) is 0. The van der Waals surface area contributed by atoms with Crippen molar-refractivity contribution in [1.82, 2.24) is 4.98 Å². The predicted octanol–water partition coefficient (Wildman–Crippen LogP) is 6.26. The van der Waals surface area contributed by atoms with Crippen LogP contribution in [-0.4, -0.2) is 11.0 Å². The first-order valence-electron chi connectivity index (χ1n) is 7.97. The lowest BCUT2D eigenvalue weighted by Crippen LogP contribution is -2.19. The number of para-hydroxylation sites is 1. The summed E-state index contributed by atoms with van der Waals surface area (Å²) < 4.78 is 1.16. The van der Waals surface area contributed by atoms with Crippen molar-refractivity contribution < 1.29 is 4.79 Å². The van der Waals surface area contributed by atoms with Crippen LogP contribution in [0.1, 0.15) is 0 Å². The third kappa shape index (κ3) is 3.69. The summed E-state index contributed by atoms with van der Waals surface area (Å²) in [4.78, 5) is 16.7. The highest BCUT2D eigenvalue weighted by Gasteiger charge is 2.07. The van der Waals surface area contributed by atoms with Gasteiger partial charge in [0.25, 0.3) is 0 Å². The minimum absolute atomic E-state index is 0.306. The van der Waals surface area contributed by atoms with Crippen LogP contribution in [0.25, 0.3) is 20.8 Å². The molecule has 4 nitrogen and oxygen atoms in total. The second kappa shape index (κ2) is 7.15. The molecule has 6 heteroatoms. The van der Waals surface area contributed by atoms with Crippen LogP contribution in [0.15, 0.2) is 72.8 Å². The third-order valence-electron chi connectivity index (χ3n) is 3.79. The minimum Gasteiger partial charge on any atom is -0.308 e. The monoisotopic (exact) mass is 379 g/mol. The molecule has 0 aliphatic rings. The number of carbonyl (C=O) groups excluding carboxylic acids is 1.